The van der Waals surface area contributed by atoms with Crippen LogP contribution in [0.3, 0.4) is 0 Å². The van der Waals surface area contributed by atoms with Gasteiger partial charge in [0.05, 0.1) is 10.9 Å². The third kappa shape index (κ3) is 3.46. The van der Waals surface area contributed by atoms with Gasteiger partial charge in [0.1, 0.15) is 24.2 Å². The molecule has 0 unspecified atom stereocenters. The molecule has 3 nitrogen and oxygen atoms in total. The highest BCUT2D eigenvalue weighted by molar-refractivity contribution is 6.33. The number of rotatable bonds is 4. The van der Waals surface area contributed by atoms with Crippen LogP contribution in [-0.4, -0.2) is 0 Å². The number of aryl methyl sites for hydroxylation is 1. The number of hydrogen-bond acceptors (Lipinski definition) is 3. The van der Waals surface area contributed by atoms with Gasteiger partial charge in [-0.3, -0.25) is 4.79 Å². The molecule has 3 aromatic carbocycles. The monoisotopic (exact) mass is 376 g/mol. The van der Waals surface area contributed by atoms with Gasteiger partial charge in [0.25, 0.3) is 0 Å². The Balaban J connectivity index is 1.66. The topological polar surface area (TPSA) is 39.4 Å². The lowest BCUT2D eigenvalue weighted by Crippen LogP contribution is -2.05. The van der Waals surface area contributed by atoms with E-state index in [-0.39, 0.29) is 5.43 Å². The van der Waals surface area contributed by atoms with Crippen molar-refractivity contribution in [3.8, 4) is 16.9 Å². The van der Waals surface area contributed by atoms with Crippen molar-refractivity contribution in [1.29, 1.82) is 0 Å². The molecule has 0 spiro atoms. The van der Waals surface area contributed by atoms with E-state index in [1.807, 2.05) is 43.3 Å². The molecule has 0 aliphatic carbocycles. The molecule has 0 atom stereocenters. The van der Waals surface area contributed by atoms with Gasteiger partial charge in [0.2, 0.25) is 5.43 Å². The molecule has 0 saturated carbocycles. The van der Waals surface area contributed by atoms with Crippen LogP contribution < -0.4 is 10.2 Å². The second-order valence-corrected chi connectivity index (χ2v) is 6.74. The van der Waals surface area contributed by atoms with Gasteiger partial charge in [0.15, 0.2) is 0 Å². The minimum atomic E-state index is -0.116. The van der Waals surface area contributed by atoms with Crippen LogP contribution in [0.15, 0.2) is 82.2 Å². The molecule has 134 valence electrons. The number of benzene rings is 3. The third-order valence-corrected chi connectivity index (χ3v) is 4.90. The molecule has 0 amide bonds. The largest absolute Gasteiger partial charge is 0.489 e. The molecule has 0 aliphatic heterocycles. The predicted octanol–water partition coefficient (Wildman–Crippen LogP) is 6.00. The number of hydrogen-bond donors (Lipinski definition) is 0. The van der Waals surface area contributed by atoms with Crippen LogP contribution >= 0.6 is 11.6 Å². The lowest BCUT2D eigenvalue weighted by atomic mass is 10.1. The maximum atomic E-state index is 12.9. The molecular formula is C23H17ClO3. The van der Waals surface area contributed by atoms with Crippen LogP contribution in [0, 0.1) is 6.92 Å². The van der Waals surface area contributed by atoms with Crippen molar-refractivity contribution in [2.24, 2.45) is 0 Å². The maximum absolute atomic E-state index is 12.9. The number of halogens is 1. The SMILES string of the molecule is Cc1ccccc1COc1ccc2c(=O)c(-c3ccccc3Cl)coc2c1. The minimum absolute atomic E-state index is 0.116. The second kappa shape index (κ2) is 7.29. The molecule has 4 heteroatoms. The van der Waals surface area contributed by atoms with Crippen molar-refractivity contribution >= 4 is 22.6 Å². The Morgan fingerprint density at radius 1 is 0.963 bits per heavy atom. The number of ether oxygens (including phenoxy) is 1. The summed E-state index contributed by atoms with van der Waals surface area (Å²) in [4.78, 5) is 12.9. The molecule has 0 radical (unpaired) electrons. The van der Waals surface area contributed by atoms with Gasteiger partial charge >= 0.3 is 0 Å². The first-order valence-corrected chi connectivity index (χ1v) is 8.99. The van der Waals surface area contributed by atoms with Gasteiger partial charge in [-0.1, -0.05) is 54.1 Å². The van der Waals surface area contributed by atoms with Crippen molar-refractivity contribution in [3.05, 3.63) is 99.4 Å². The van der Waals surface area contributed by atoms with Crippen LogP contribution in [0.1, 0.15) is 11.1 Å². The highest BCUT2D eigenvalue weighted by Crippen LogP contribution is 2.28. The first-order chi connectivity index (χ1) is 13.1. The summed E-state index contributed by atoms with van der Waals surface area (Å²) in [6.45, 7) is 2.51. The molecule has 0 fully saturated rings. The Kier molecular flexibility index (Phi) is 4.69. The zero-order valence-corrected chi connectivity index (χ0v) is 15.5. The van der Waals surface area contributed by atoms with Gasteiger partial charge in [-0.2, -0.15) is 0 Å². The van der Waals surface area contributed by atoms with E-state index in [1.165, 1.54) is 11.8 Å². The number of fused-ring (bicyclic) bond motifs is 1. The van der Waals surface area contributed by atoms with E-state index in [4.69, 9.17) is 20.8 Å². The standard InChI is InChI=1S/C23H17ClO3/c1-15-6-2-3-7-16(15)13-26-17-10-11-19-22(12-17)27-14-20(23(19)25)18-8-4-5-9-21(18)24/h2-12,14H,13H2,1H3. The van der Waals surface area contributed by atoms with Crippen molar-refractivity contribution in [2.75, 3.05) is 0 Å². The summed E-state index contributed by atoms with van der Waals surface area (Å²) in [6.07, 6.45) is 1.46. The molecule has 27 heavy (non-hydrogen) atoms. The van der Waals surface area contributed by atoms with Crippen molar-refractivity contribution in [3.63, 3.8) is 0 Å². The summed E-state index contributed by atoms with van der Waals surface area (Å²) < 4.78 is 11.6. The van der Waals surface area contributed by atoms with Crippen LogP contribution in [0.5, 0.6) is 5.75 Å². The summed E-state index contributed by atoms with van der Waals surface area (Å²) in [6, 6.07) is 20.6. The minimum Gasteiger partial charge on any atom is -0.489 e. The first kappa shape index (κ1) is 17.4. The summed E-state index contributed by atoms with van der Waals surface area (Å²) in [5, 5.41) is 1.01. The second-order valence-electron chi connectivity index (χ2n) is 6.33. The Morgan fingerprint density at radius 3 is 2.56 bits per heavy atom. The summed E-state index contributed by atoms with van der Waals surface area (Å²) in [5.74, 6) is 0.652. The molecular weight excluding hydrogens is 360 g/mol. The van der Waals surface area contributed by atoms with Crippen LogP contribution in [0.4, 0.5) is 0 Å². The van der Waals surface area contributed by atoms with Crippen molar-refractivity contribution in [1.82, 2.24) is 0 Å². The normalized spacial score (nSPS) is 10.9. The van der Waals surface area contributed by atoms with Crippen LogP contribution in [0.25, 0.3) is 22.1 Å². The molecule has 4 rings (SSSR count). The van der Waals surface area contributed by atoms with Crippen LogP contribution in [0.2, 0.25) is 5.02 Å². The van der Waals surface area contributed by atoms with E-state index < -0.39 is 0 Å². The quantitative estimate of drug-likeness (QED) is 0.438. The van der Waals surface area contributed by atoms with E-state index in [0.29, 0.717) is 39.5 Å². The Morgan fingerprint density at radius 2 is 1.74 bits per heavy atom. The van der Waals surface area contributed by atoms with Gasteiger partial charge in [-0.15, -0.1) is 0 Å². The molecule has 0 bridgehead atoms. The highest BCUT2D eigenvalue weighted by Gasteiger charge is 2.12. The van der Waals surface area contributed by atoms with Gasteiger partial charge in [0, 0.05) is 16.7 Å². The lowest BCUT2D eigenvalue weighted by Gasteiger charge is -2.09. The van der Waals surface area contributed by atoms with E-state index in [0.717, 1.165) is 5.56 Å². The fourth-order valence-corrected chi connectivity index (χ4v) is 3.23. The molecule has 1 aromatic heterocycles. The smallest absolute Gasteiger partial charge is 0.200 e. The average molecular weight is 377 g/mol. The average Bonchev–Trinajstić information content (AvgIpc) is 2.68. The summed E-state index contributed by atoms with van der Waals surface area (Å²) >= 11 is 6.22. The van der Waals surface area contributed by atoms with Crippen molar-refractivity contribution < 1.29 is 9.15 Å². The van der Waals surface area contributed by atoms with Crippen LogP contribution in [-0.2, 0) is 6.61 Å². The Hall–Kier alpha value is -3.04. The Labute approximate surface area is 161 Å². The Bertz CT molecular complexity index is 1180. The summed E-state index contributed by atoms with van der Waals surface area (Å²) in [5.41, 5.74) is 3.77. The van der Waals surface area contributed by atoms with Crippen molar-refractivity contribution in [2.45, 2.75) is 13.5 Å². The first-order valence-electron chi connectivity index (χ1n) is 8.61. The molecule has 0 N–H and O–H groups in total. The predicted molar refractivity (Wildman–Crippen MR) is 108 cm³/mol. The molecule has 0 saturated heterocycles. The van der Waals surface area contributed by atoms with Gasteiger partial charge in [-0.25, -0.2) is 0 Å². The van der Waals surface area contributed by atoms with Gasteiger partial charge in [-0.05, 0) is 36.2 Å². The lowest BCUT2D eigenvalue weighted by molar-refractivity contribution is 0.305. The zero-order chi connectivity index (χ0) is 18.8. The van der Waals surface area contributed by atoms with E-state index in [2.05, 4.69) is 0 Å². The van der Waals surface area contributed by atoms with E-state index >= 15 is 0 Å². The fraction of sp³-hybridized carbons (Fsp3) is 0.0870. The summed E-state index contributed by atoms with van der Waals surface area (Å²) in [7, 11) is 0. The fourth-order valence-electron chi connectivity index (χ4n) is 3.00. The van der Waals surface area contributed by atoms with Gasteiger partial charge < -0.3 is 9.15 Å². The molecule has 4 aromatic rings. The maximum Gasteiger partial charge on any atom is 0.200 e. The zero-order valence-electron chi connectivity index (χ0n) is 14.7. The molecule has 1 heterocycles. The molecule has 0 aliphatic rings. The third-order valence-electron chi connectivity index (χ3n) is 4.57. The van der Waals surface area contributed by atoms with E-state index in [1.54, 1.807) is 30.3 Å². The van der Waals surface area contributed by atoms with E-state index in [9.17, 15) is 4.79 Å². The highest BCUT2D eigenvalue weighted by atomic mass is 35.5.